The van der Waals surface area contributed by atoms with E-state index in [-0.39, 0.29) is 23.8 Å². The van der Waals surface area contributed by atoms with Gasteiger partial charge in [0.25, 0.3) is 11.8 Å². The number of aromatic nitrogens is 1. The third-order valence-corrected chi connectivity index (χ3v) is 6.23. The van der Waals surface area contributed by atoms with E-state index in [1.54, 1.807) is 50.5 Å². The van der Waals surface area contributed by atoms with E-state index in [9.17, 15) is 32.3 Å². The van der Waals surface area contributed by atoms with E-state index < -0.39 is 41.8 Å². The fourth-order valence-corrected chi connectivity index (χ4v) is 4.05. The van der Waals surface area contributed by atoms with E-state index >= 15 is 0 Å². The maximum Gasteiger partial charge on any atom is 0.490 e. The Balaban J connectivity index is 1.95. The van der Waals surface area contributed by atoms with Gasteiger partial charge in [0.2, 0.25) is 6.23 Å². The van der Waals surface area contributed by atoms with E-state index in [0.29, 0.717) is 5.56 Å². The van der Waals surface area contributed by atoms with Gasteiger partial charge < -0.3 is 15.0 Å². The molecule has 1 saturated heterocycles. The van der Waals surface area contributed by atoms with Crippen molar-refractivity contribution >= 4 is 35.2 Å². The molecule has 1 fully saturated rings. The van der Waals surface area contributed by atoms with Crippen molar-refractivity contribution in [1.82, 2.24) is 14.8 Å². The number of hydrogen-bond acceptors (Lipinski definition) is 7. The van der Waals surface area contributed by atoms with Gasteiger partial charge in [0.1, 0.15) is 5.54 Å². The number of urea groups is 1. The number of alkyl halides is 3. The Morgan fingerprint density at radius 1 is 1.10 bits per heavy atom. The van der Waals surface area contributed by atoms with E-state index in [4.69, 9.17) is 0 Å². The van der Waals surface area contributed by atoms with Crippen LogP contribution in [0.3, 0.4) is 0 Å². The van der Waals surface area contributed by atoms with Crippen LogP contribution in [-0.2, 0) is 25.7 Å². The van der Waals surface area contributed by atoms with Crippen molar-refractivity contribution in [2.45, 2.75) is 58.1 Å². The molecule has 1 unspecified atom stereocenters. The molecule has 2 heterocycles. The lowest BCUT2D eigenvalue weighted by Crippen LogP contribution is -2.45. The Bertz CT molecular complexity index is 1260. The molecule has 0 radical (unpaired) electrons. The molecule has 3 rings (SSSR count). The molecule has 1 aromatic carbocycles. The van der Waals surface area contributed by atoms with Gasteiger partial charge in [0.05, 0.1) is 5.69 Å². The number of anilines is 2. The Morgan fingerprint density at radius 3 is 2.26 bits per heavy atom. The molecule has 0 saturated carbocycles. The van der Waals surface area contributed by atoms with E-state index in [1.807, 2.05) is 13.8 Å². The standard InChI is InChI=1S/C26H30F3N5O5/c1-15(2)18-8-7-17(13-19(18)31-20(35)21(32(5)6)39-23(37)26(27,28)29)34-22(36)25(3,4)33(24(34)38)14-16-9-11-30-12-10-16/h7-13,15,21H,14H2,1-6H3,(H,31,35). The molecule has 10 nitrogen and oxygen atoms in total. The largest absolute Gasteiger partial charge is 0.490 e. The lowest BCUT2D eigenvalue weighted by molar-refractivity contribution is -0.210. The highest BCUT2D eigenvalue weighted by molar-refractivity contribution is 6.23. The van der Waals surface area contributed by atoms with Crippen molar-refractivity contribution in [3.05, 3.63) is 53.9 Å². The zero-order valence-corrected chi connectivity index (χ0v) is 22.4. The summed E-state index contributed by atoms with van der Waals surface area (Å²) in [6.45, 7) is 7.04. The topological polar surface area (TPSA) is 112 Å². The minimum atomic E-state index is -5.29. The van der Waals surface area contributed by atoms with Crippen LogP contribution in [0.25, 0.3) is 0 Å². The van der Waals surface area contributed by atoms with Crippen molar-refractivity contribution in [1.29, 1.82) is 0 Å². The van der Waals surface area contributed by atoms with Gasteiger partial charge >= 0.3 is 18.2 Å². The SMILES string of the molecule is CC(C)c1ccc(N2C(=O)N(Cc3ccncc3)C(C)(C)C2=O)cc1NC(=O)C(OC(=O)C(F)(F)F)N(C)C. The number of hydrogen-bond donors (Lipinski definition) is 1. The van der Waals surface area contributed by atoms with Gasteiger partial charge in [0, 0.05) is 24.6 Å². The van der Waals surface area contributed by atoms with Gasteiger partial charge in [-0.3, -0.25) is 19.5 Å². The lowest BCUT2D eigenvalue weighted by Gasteiger charge is -2.27. The van der Waals surface area contributed by atoms with Crippen LogP contribution in [0.5, 0.6) is 0 Å². The number of rotatable bonds is 8. The quantitative estimate of drug-likeness (QED) is 0.302. The molecule has 0 aliphatic carbocycles. The summed E-state index contributed by atoms with van der Waals surface area (Å²) in [6, 6.07) is 7.44. The van der Waals surface area contributed by atoms with Crippen molar-refractivity contribution < 1.29 is 37.1 Å². The molecule has 39 heavy (non-hydrogen) atoms. The van der Waals surface area contributed by atoms with Crippen molar-refractivity contribution in [2.75, 3.05) is 24.3 Å². The molecule has 1 aliphatic rings. The lowest BCUT2D eigenvalue weighted by atomic mass is 9.99. The number of nitrogens with zero attached hydrogens (tertiary/aromatic N) is 4. The molecule has 2 aromatic rings. The molecule has 0 bridgehead atoms. The molecule has 1 aromatic heterocycles. The van der Waals surface area contributed by atoms with Crippen LogP contribution >= 0.6 is 0 Å². The van der Waals surface area contributed by atoms with E-state index in [0.717, 1.165) is 15.4 Å². The highest BCUT2D eigenvalue weighted by atomic mass is 19.4. The van der Waals surface area contributed by atoms with Gasteiger partial charge in [-0.15, -0.1) is 0 Å². The summed E-state index contributed by atoms with van der Waals surface area (Å²) < 4.78 is 42.7. The first-order valence-corrected chi connectivity index (χ1v) is 12.0. The van der Waals surface area contributed by atoms with Crippen molar-refractivity contribution in [3.8, 4) is 0 Å². The third-order valence-electron chi connectivity index (χ3n) is 6.23. The van der Waals surface area contributed by atoms with Crippen LogP contribution in [0.15, 0.2) is 42.7 Å². The number of carbonyl (C=O) groups excluding carboxylic acids is 4. The minimum Gasteiger partial charge on any atom is -0.430 e. The number of imide groups is 1. The smallest absolute Gasteiger partial charge is 0.430 e. The Morgan fingerprint density at radius 2 is 1.72 bits per heavy atom. The number of benzene rings is 1. The average Bonchev–Trinajstić information content (AvgIpc) is 3.01. The second-order valence-corrected chi connectivity index (χ2v) is 10.1. The predicted molar refractivity (Wildman–Crippen MR) is 136 cm³/mol. The summed E-state index contributed by atoms with van der Waals surface area (Å²) in [7, 11) is 2.55. The highest BCUT2D eigenvalue weighted by Crippen LogP contribution is 2.36. The van der Waals surface area contributed by atoms with Crippen molar-refractivity contribution in [3.63, 3.8) is 0 Å². The maximum absolute atomic E-state index is 13.5. The summed E-state index contributed by atoms with van der Waals surface area (Å²) in [5, 5.41) is 2.50. The summed E-state index contributed by atoms with van der Waals surface area (Å²) in [4.78, 5) is 58.6. The first kappa shape index (κ1) is 29.6. The number of halogens is 3. The number of pyridine rings is 1. The van der Waals surface area contributed by atoms with Gasteiger partial charge in [-0.2, -0.15) is 13.2 Å². The average molecular weight is 550 g/mol. The molecule has 0 spiro atoms. The fraction of sp³-hybridized carbons (Fsp3) is 0.423. The molecule has 1 atom stereocenters. The highest BCUT2D eigenvalue weighted by Gasteiger charge is 2.52. The molecule has 4 amide bonds. The van der Waals surface area contributed by atoms with Crippen LogP contribution in [0, 0.1) is 0 Å². The van der Waals surface area contributed by atoms with Crippen molar-refractivity contribution in [2.24, 2.45) is 0 Å². The summed E-state index contributed by atoms with van der Waals surface area (Å²) in [5.74, 6) is -4.22. The normalized spacial score (nSPS) is 16.2. The fourth-order valence-electron chi connectivity index (χ4n) is 4.05. The van der Waals surface area contributed by atoms with Gasteiger partial charge in [0.15, 0.2) is 0 Å². The van der Waals surface area contributed by atoms with E-state index in [1.165, 1.54) is 25.1 Å². The zero-order chi connectivity index (χ0) is 29.3. The molecule has 13 heteroatoms. The summed E-state index contributed by atoms with van der Waals surface area (Å²) >= 11 is 0. The van der Waals surface area contributed by atoms with Crippen LogP contribution in [0.2, 0.25) is 0 Å². The van der Waals surface area contributed by atoms with Gasteiger partial charge in [-0.1, -0.05) is 19.9 Å². The zero-order valence-electron chi connectivity index (χ0n) is 22.4. The minimum absolute atomic E-state index is 0.147. The number of nitrogens with one attached hydrogen (secondary N) is 1. The Labute approximate surface area is 223 Å². The first-order chi connectivity index (χ1) is 18.1. The van der Waals surface area contributed by atoms with Gasteiger partial charge in [-0.05, 0) is 69.3 Å². The molecule has 1 aliphatic heterocycles. The Hall–Kier alpha value is -4.00. The summed E-state index contributed by atoms with van der Waals surface area (Å²) in [6.07, 6.45) is -4.03. The second kappa shape index (κ2) is 11.0. The Kier molecular flexibility index (Phi) is 8.34. The number of esters is 1. The van der Waals surface area contributed by atoms with Crippen LogP contribution in [0.1, 0.15) is 44.7 Å². The number of carbonyl (C=O) groups is 4. The molecule has 1 N–H and O–H groups in total. The van der Waals surface area contributed by atoms with Crippen LogP contribution in [-0.4, -0.2) is 70.6 Å². The predicted octanol–water partition coefficient (Wildman–Crippen LogP) is 3.88. The molecular weight excluding hydrogens is 519 g/mol. The number of likely N-dealkylation sites (N-methyl/N-ethyl adjacent to an activating group) is 1. The molecule has 210 valence electrons. The second-order valence-electron chi connectivity index (χ2n) is 10.1. The first-order valence-electron chi connectivity index (χ1n) is 12.0. The number of ether oxygens (including phenoxy) is 1. The maximum atomic E-state index is 13.5. The van der Waals surface area contributed by atoms with Crippen LogP contribution < -0.4 is 10.2 Å². The number of amides is 4. The van der Waals surface area contributed by atoms with Crippen LogP contribution in [0.4, 0.5) is 29.3 Å². The summed E-state index contributed by atoms with van der Waals surface area (Å²) in [5.41, 5.74) is 0.464. The monoisotopic (exact) mass is 549 g/mol. The van der Waals surface area contributed by atoms with Gasteiger partial charge in [-0.25, -0.2) is 14.5 Å². The third kappa shape index (κ3) is 6.19. The molecular formula is C26H30F3N5O5. The van der Waals surface area contributed by atoms with E-state index in [2.05, 4.69) is 15.0 Å².